The summed E-state index contributed by atoms with van der Waals surface area (Å²) in [6, 6.07) is 0. The molecule has 60 valence electrons. The Morgan fingerprint density at radius 2 is 1.82 bits per heavy atom. The van der Waals surface area contributed by atoms with E-state index < -0.39 is 0 Å². The monoisotopic (exact) mass is 184 g/mol. The van der Waals surface area contributed by atoms with Crippen LogP contribution in [-0.4, -0.2) is 9.73 Å². The fourth-order valence-electron chi connectivity index (χ4n) is 1.58. The predicted molar refractivity (Wildman–Crippen MR) is 57.4 cm³/mol. The lowest BCUT2D eigenvalue weighted by molar-refractivity contribution is 0.636. The van der Waals surface area contributed by atoms with Crippen LogP contribution in [0.4, 0.5) is 0 Å². The van der Waals surface area contributed by atoms with E-state index in [0.29, 0.717) is 5.92 Å². The van der Waals surface area contributed by atoms with Crippen LogP contribution >= 0.6 is 24.4 Å². The summed E-state index contributed by atoms with van der Waals surface area (Å²) in [5, 5.41) is 0. The largest absolute Gasteiger partial charge is 0.0849 e. The van der Waals surface area contributed by atoms with Gasteiger partial charge in [-0.2, -0.15) is 0 Å². The number of rotatable bonds is 2. The maximum atomic E-state index is 5.12. The molecule has 0 aromatic heterocycles. The molecule has 1 aliphatic rings. The average molecular weight is 184 g/mol. The van der Waals surface area contributed by atoms with Gasteiger partial charge in [0.15, 0.2) is 0 Å². The molecule has 0 aliphatic heterocycles. The Balaban J connectivity index is 2.95. The van der Waals surface area contributed by atoms with Crippen molar-refractivity contribution in [2.45, 2.75) is 27.2 Å². The highest BCUT2D eigenvalue weighted by Crippen LogP contribution is 2.36. The van der Waals surface area contributed by atoms with Crippen molar-refractivity contribution in [1.82, 2.24) is 0 Å². The highest BCUT2D eigenvalue weighted by atomic mass is 32.1. The molecule has 1 rings (SSSR count). The first kappa shape index (κ1) is 9.01. The van der Waals surface area contributed by atoms with Gasteiger partial charge in [0.2, 0.25) is 0 Å². The molecule has 0 fully saturated rings. The second-order valence-corrected chi connectivity index (χ2v) is 4.33. The van der Waals surface area contributed by atoms with Crippen LogP contribution in [0.2, 0.25) is 0 Å². The first-order valence-electron chi connectivity index (χ1n) is 3.79. The van der Waals surface area contributed by atoms with Crippen LogP contribution in [0.1, 0.15) is 27.2 Å². The predicted octanol–water partition coefficient (Wildman–Crippen LogP) is 3.10. The third kappa shape index (κ3) is 1.57. The van der Waals surface area contributed by atoms with Crippen molar-refractivity contribution in [3.05, 3.63) is 11.1 Å². The Labute approximate surface area is 78.7 Å². The second kappa shape index (κ2) is 3.11. The quantitative estimate of drug-likeness (QED) is 0.605. The van der Waals surface area contributed by atoms with E-state index in [4.69, 9.17) is 24.4 Å². The van der Waals surface area contributed by atoms with Crippen molar-refractivity contribution in [2.75, 3.05) is 0 Å². The van der Waals surface area contributed by atoms with E-state index in [0.717, 1.165) is 16.1 Å². The van der Waals surface area contributed by atoms with Crippen LogP contribution in [0.25, 0.3) is 0 Å². The summed E-state index contributed by atoms with van der Waals surface area (Å²) in [6.07, 6.45) is 1.12. The number of thiocarbonyl (C=S) groups is 2. The topological polar surface area (TPSA) is 0 Å². The summed E-state index contributed by atoms with van der Waals surface area (Å²) < 4.78 is 0. The van der Waals surface area contributed by atoms with Gasteiger partial charge >= 0.3 is 0 Å². The van der Waals surface area contributed by atoms with Gasteiger partial charge in [-0.3, -0.25) is 0 Å². The van der Waals surface area contributed by atoms with Gasteiger partial charge < -0.3 is 0 Å². The van der Waals surface area contributed by atoms with Gasteiger partial charge in [-0.25, -0.2) is 0 Å². The van der Waals surface area contributed by atoms with Crippen molar-refractivity contribution in [3.63, 3.8) is 0 Å². The molecule has 0 aromatic rings. The van der Waals surface area contributed by atoms with Gasteiger partial charge in [0.1, 0.15) is 0 Å². The minimum absolute atomic E-state index is 0.639. The molecule has 0 nitrogen and oxygen atoms in total. The van der Waals surface area contributed by atoms with Crippen LogP contribution in [0.5, 0.6) is 0 Å². The molecule has 11 heavy (non-hydrogen) atoms. The number of allylic oxidation sites excluding steroid dienone is 2. The third-order valence-electron chi connectivity index (χ3n) is 2.13. The SMILES string of the molecule is CC(=S)C1=C(C(C)=S)C(C)C1. The van der Waals surface area contributed by atoms with Gasteiger partial charge in [-0.15, -0.1) is 0 Å². The standard InChI is InChI=1S/C9H12S2/c1-5-4-8(6(2)10)9(5)7(3)11/h5H,4H2,1-3H3. The van der Waals surface area contributed by atoms with Gasteiger partial charge in [-0.05, 0) is 37.3 Å². The molecule has 2 heteroatoms. The molecule has 1 aliphatic carbocycles. The first-order chi connectivity index (χ1) is 5.04. The minimum atomic E-state index is 0.639. The lowest BCUT2D eigenvalue weighted by atomic mass is 9.76. The molecule has 0 heterocycles. The Bertz CT molecular complexity index is 248. The molecule has 0 bridgehead atoms. The van der Waals surface area contributed by atoms with Crippen LogP contribution < -0.4 is 0 Å². The average Bonchev–Trinajstić information content (AvgIpc) is 1.80. The lowest BCUT2D eigenvalue weighted by Gasteiger charge is -2.30. The minimum Gasteiger partial charge on any atom is -0.0849 e. The van der Waals surface area contributed by atoms with E-state index in [1.54, 1.807) is 0 Å². The van der Waals surface area contributed by atoms with E-state index in [9.17, 15) is 0 Å². The fourth-order valence-corrected chi connectivity index (χ4v) is 2.10. The molecule has 0 saturated carbocycles. The maximum Gasteiger partial charge on any atom is 0.0159 e. The van der Waals surface area contributed by atoms with E-state index in [2.05, 4.69) is 6.92 Å². The van der Waals surface area contributed by atoms with E-state index in [1.807, 2.05) is 13.8 Å². The van der Waals surface area contributed by atoms with E-state index >= 15 is 0 Å². The molecular formula is C9H12S2. The third-order valence-corrected chi connectivity index (χ3v) is 2.60. The molecular weight excluding hydrogens is 172 g/mol. The normalized spacial score (nSPS) is 23.0. The summed E-state index contributed by atoms with van der Waals surface area (Å²) in [6.45, 7) is 6.17. The summed E-state index contributed by atoms with van der Waals surface area (Å²) in [5.74, 6) is 0.639. The molecule has 0 saturated heterocycles. The van der Waals surface area contributed by atoms with Crippen molar-refractivity contribution in [2.24, 2.45) is 5.92 Å². The molecule has 0 aromatic carbocycles. The first-order valence-corrected chi connectivity index (χ1v) is 4.60. The Kier molecular flexibility index (Phi) is 2.55. The van der Waals surface area contributed by atoms with Crippen molar-refractivity contribution < 1.29 is 0 Å². The van der Waals surface area contributed by atoms with E-state index in [-0.39, 0.29) is 0 Å². The molecule has 0 N–H and O–H groups in total. The lowest BCUT2D eigenvalue weighted by Crippen LogP contribution is -2.23. The van der Waals surface area contributed by atoms with Crippen molar-refractivity contribution >= 4 is 34.2 Å². The van der Waals surface area contributed by atoms with Gasteiger partial charge in [0.25, 0.3) is 0 Å². The van der Waals surface area contributed by atoms with Crippen LogP contribution in [0.15, 0.2) is 11.1 Å². The zero-order valence-corrected chi connectivity index (χ0v) is 8.73. The fraction of sp³-hybridized carbons (Fsp3) is 0.556. The Morgan fingerprint density at radius 3 is 2.00 bits per heavy atom. The zero-order valence-electron chi connectivity index (χ0n) is 7.10. The van der Waals surface area contributed by atoms with Crippen LogP contribution in [0.3, 0.4) is 0 Å². The van der Waals surface area contributed by atoms with Gasteiger partial charge in [0, 0.05) is 9.73 Å². The van der Waals surface area contributed by atoms with Crippen LogP contribution in [-0.2, 0) is 0 Å². The Hall–Kier alpha value is -0.0800. The van der Waals surface area contributed by atoms with Gasteiger partial charge in [0.05, 0.1) is 0 Å². The zero-order chi connectivity index (χ0) is 8.59. The number of hydrogen-bond acceptors (Lipinski definition) is 2. The van der Waals surface area contributed by atoms with Gasteiger partial charge in [-0.1, -0.05) is 31.4 Å². The summed E-state index contributed by atoms with van der Waals surface area (Å²) in [5.41, 5.74) is 2.65. The highest BCUT2D eigenvalue weighted by molar-refractivity contribution is 7.81. The molecule has 0 amide bonds. The number of hydrogen-bond donors (Lipinski definition) is 0. The summed E-state index contributed by atoms with van der Waals surface area (Å²) in [7, 11) is 0. The smallest absolute Gasteiger partial charge is 0.0159 e. The molecule has 0 spiro atoms. The summed E-state index contributed by atoms with van der Waals surface area (Å²) in [4.78, 5) is 2.03. The highest BCUT2D eigenvalue weighted by Gasteiger charge is 2.27. The van der Waals surface area contributed by atoms with Crippen LogP contribution in [0, 0.1) is 5.92 Å². The molecule has 1 unspecified atom stereocenters. The molecule has 1 atom stereocenters. The maximum absolute atomic E-state index is 5.12. The van der Waals surface area contributed by atoms with E-state index in [1.165, 1.54) is 11.1 Å². The van der Waals surface area contributed by atoms with Crippen molar-refractivity contribution in [3.8, 4) is 0 Å². The summed E-state index contributed by atoms with van der Waals surface area (Å²) >= 11 is 10.2. The second-order valence-electron chi connectivity index (χ2n) is 3.11. The molecule has 0 radical (unpaired) electrons. The Morgan fingerprint density at radius 1 is 1.27 bits per heavy atom. The van der Waals surface area contributed by atoms with Crippen molar-refractivity contribution in [1.29, 1.82) is 0 Å².